The maximum absolute atomic E-state index is 12.7. The molecule has 9 nitrogen and oxygen atoms in total. The van der Waals surface area contributed by atoms with Crippen LogP contribution in [0.2, 0.25) is 0 Å². The minimum absolute atomic E-state index is 0.198. The van der Waals surface area contributed by atoms with Gasteiger partial charge in [0.25, 0.3) is 5.91 Å². The van der Waals surface area contributed by atoms with Gasteiger partial charge in [0.1, 0.15) is 18.1 Å². The Kier molecular flexibility index (Phi) is 8.16. The summed E-state index contributed by atoms with van der Waals surface area (Å²) in [6.45, 7) is 12.5. The lowest BCUT2D eigenvalue weighted by atomic mass is 9.91. The molecule has 0 aromatic rings. The Balaban J connectivity index is 2.76. The largest absolute Gasteiger partial charge is 0.480 e. The van der Waals surface area contributed by atoms with Crippen LogP contribution < -0.4 is 16.1 Å². The highest BCUT2D eigenvalue weighted by Gasteiger charge is 2.34. The Hall–Kier alpha value is -2.42. The first-order valence-corrected chi connectivity index (χ1v) is 9.46. The number of amides is 3. The van der Waals surface area contributed by atoms with E-state index in [1.54, 1.807) is 27.7 Å². The third-order valence-electron chi connectivity index (χ3n) is 4.81. The highest BCUT2D eigenvalue weighted by atomic mass is 16.4. The number of hydrogen-bond acceptors (Lipinski definition) is 5. The molecule has 0 spiro atoms. The molecule has 0 aromatic carbocycles. The summed E-state index contributed by atoms with van der Waals surface area (Å²) in [6, 6.07) is -2.52. The Morgan fingerprint density at radius 1 is 1.21 bits per heavy atom. The molecular weight excluding hydrogens is 364 g/mol. The summed E-state index contributed by atoms with van der Waals surface area (Å²) in [7, 11) is 0. The summed E-state index contributed by atoms with van der Waals surface area (Å²) in [5, 5.41) is 15.7. The lowest BCUT2D eigenvalue weighted by Gasteiger charge is -2.34. The molecule has 3 atom stereocenters. The third-order valence-corrected chi connectivity index (χ3v) is 4.81. The van der Waals surface area contributed by atoms with Crippen molar-refractivity contribution in [2.75, 3.05) is 6.54 Å². The molecule has 1 aliphatic heterocycles. The van der Waals surface area contributed by atoms with Gasteiger partial charge in [-0.25, -0.2) is 5.43 Å². The molecule has 9 heteroatoms. The first-order chi connectivity index (χ1) is 12.9. The van der Waals surface area contributed by atoms with Crippen LogP contribution in [0.25, 0.3) is 0 Å². The molecule has 0 radical (unpaired) electrons. The van der Waals surface area contributed by atoms with Gasteiger partial charge in [-0.05, 0) is 39.5 Å². The van der Waals surface area contributed by atoms with Gasteiger partial charge in [-0.1, -0.05) is 19.9 Å². The van der Waals surface area contributed by atoms with Crippen molar-refractivity contribution in [1.29, 1.82) is 0 Å². The van der Waals surface area contributed by atoms with Crippen molar-refractivity contribution in [1.82, 2.24) is 21.1 Å². The fourth-order valence-corrected chi connectivity index (χ4v) is 2.68. The van der Waals surface area contributed by atoms with Crippen LogP contribution in [0.1, 0.15) is 47.5 Å². The molecule has 0 unspecified atom stereocenters. The smallest absolute Gasteiger partial charge is 0.322 e. The number of hydrogen-bond donors (Lipinski definition) is 4. The molecule has 1 saturated heterocycles. The highest BCUT2D eigenvalue weighted by molar-refractivity contribution is 5.93. The van der Waals surface area contributed by atoms with Crippen molar-refractivity contribution < 1.29 is 24.3 Å². The van der Waals surface area contributed by atoms with Gasteiger partial charge >= 0.3 is 5.97 Å². The lowest BCUT2D eigenvalue weighted by Crippen LogP contribution is -2.61. The number of hydrazine groups is 1. The lowest BCUT2D eigenvalue weighted by molar-refractivity contribution is -0.148. The van der Waals surface area contributed by atoms with Crippen molar-refractivity contribution in [3.8, 4) is 0 Å². The van der Waals surface area contributed by atoms with Gasteiger partial charge < -0.3 is 15.7 Å². The van der Waals surface area contributed by atoms with Gasteiger partial charge in [0.15, 0.2) is 0 Å². The van der Waals surface area contributed by atoms with E-state index in [0.717, 1.165) is 0 Å². The number of aliphatic carboxylic acids is 1. The topological polar surface area (TPSA) is 128 Å². The summed E-state index contributed by atoms with van der Waals surface area (Å²) in [4.78, 5) is 48.8. The van der Waals surface area contributed by atoms with Gasteiger partial charge in [0.05, 0.1) is 5.41 Å². The SMILES string of the molecule is C=CC(C)(C)C(=O)N[C@H](C(=O)N[C@@H](C)C(=O)N1CCC[C@@H](C(=O)O)N1)C(C)C. The minimum atomic E-state index is -1.03. The summed E-state index contributed by atoms with van der Waals surface area (Å²) in [6.07, 6.45) is 2.49. The van der Waals surface area contributed by atoms with E-state index in [4.69, 9.17) is 5.11 Å². The van der Waals surface area contributed by atoms with Crippen molar-refractivity contribution in [2.24, 2.45) is 11.3 Å². The maximum Gasteiger partial charge on any atom is 0.322 e. The van der Waals surface area contributed by atoms with E-state index in [9.17, 15) is 19.2 Å². The monoisotopic (exact) mass is 396 g/mol. The average molecular weight is 396 g/mol. The van der Waals surface area contributed by atoms with Gasteiger partial charge in [-0.15, -0.1) is 6.58 Å². The normalized spacial score (nSPS) is 19.5. The number of nitrogens with one attached hydrogen (secondary N) is 3. The second-order valence-electron chi connectivity index (χ2n) is 8.00. The van der Waals surface area contributed by atoms with Gasteiger partial charge in [-0.2, -0.15) is 0 Å². The summed E-state index contributed by atoms with van der Waals surface area (Å²) in [5.74, 6) is -2.47. The summed E-state index contributed by atoms with van der Waals surface area (Å²) >= 11 is 0. The van der Waals surface area contributed by atoms with Crippen LogP contribution in [0.5, 0.6) is 0 Å². The molecule has 1 heterocycles. The Morgan fingerprint density at radius 2 is 1.82 bits per heavy atom. The fourth-order valence-electron chi connectivity index (χ4n) is 2.68. The molecule has 0 aliphatic carbocycles. The quantitative estimate of drug-likeness (QED) is 0.441. The number of carbonyl (C=O) groups excluding carboxylic acids is 3. The van der Waals surface area contributed by atoms with Crippen molar-refractivity contribution in [3.05, 3.63) is 12.7 Å². The zero-order valence-electron chi connectivity index (χ0n) is 17.2. The molecule has 1 rings (SSSR count). The van der Waals surface area contributed by atoms with Crippen molar-refractivity contribution >= 4 is 23.7 Å². The predicted octanol–water partition coefficient (Wildman–Crippen LogP) is 0.424. The van der Waals surface area contributed by atoms with E-state index in [1.165, 1.54) is 18.0 Å². The van der Waals surface area contributed by atoms with Crippen LogP contribution in [-0.4, -0.2) is 58.5 Å². The Labute approximate surface area is 165 Å². The molecule has 0 saturated carbocycles. The van der Waals surface area contributed by atoms with Gasteiger partial charge in [0, 0.05) is 6.54 Å². The summed E-state index contributed by atoms with van der Waals surface area (Å²) < 4.78 is 0. The van der Waals surface area contributed by atoms with E-state index >= 15 is 0 Å². The zero-order chi connectivity index (χ0) is 21.6. The van der Waals surface area contributed by atoms with Crippen LogP contribution in [0.3, 0.4) is 0 Å². The van der Waals surface area contributed by atoms with E-state index < -0.39 is 41.3 Å². The molecular formula is C19H32N4O5. The van der Waals surface area contributed by atoms with Crippen molar-refractivity contribution in [2.45, 2.75) is 65.6 Å². The van der Waals surface area contributed by atoms with Crippen LogP contribution in [0.15, 0.2) is 12.7 Å². The zero-order valence-corrected chi connectivity index (χ0v) is 17.2. The van der Waals surface area contributed by atoms with E-state index in [2.05, 4.69) is 22.6 Å². The number of carboxylic acids is 1. The molecule has 4 N–H and O–H groups in total. The molecule has 1 aliphatic rings. The number of rotatable bonds is 8. The molecule has 1 fully saturated rings. The van der Waals surface area contributed by atoms with Crippen molar-refractivity contribution in [3.63, 3.8) is 0 Å². The Morgan fingerprint density at radius 3 is 2.32 bits per heavy atom. The second-order valence-corrected chi connectivity index (χ2v) is 8.00. The van der Waals surface area contributed by atoms with Gasteiger partial charge in [-0.3, -0.25) is 24.2 Å². The Bertz CT molecular complexity index is 632. The predicted molar refractivity (Wildman–Crippen MR) is 104 cm³/mol. The van der Waals surface area contributed by atoms with Crippen LogP contribution in [0.4, 0.5) is 0 Å². The van der Waals surface area contributed by atoms with E-state index in [0.29, 0.717) is 19.4 Å². The van der Waals surface area contributed by atoms with E-state index in [1.807, 2.05) is 0 Å². The maximum atomic E-state index is 12.7. The first kappa shape index (κ1) is 23.6. The molecule has 0 aromatic heterocycles. The molecule has 158 valence electrons. The first-order valence-electron chi connectivity index (χ1n) is 9.46. The molecule has 0 bridgehead atoms. The molecule has 3 amide bonds. The molecule has 28 heavy (non-hydrogen) atoms. The standard InChI is InChI=1S/C19H32N4O5/c1-7-19(5,6)18(28)21-14(11(2)3)15(24)20-12(4)16(25)23-10-8-9-13(22-23)17(26)27/h7,11-14,22H,1,8-10H2,2-6H3,(H,20,24)(H,21,28)(H,26,27)/t12-,13-,14-/m0/s1. The number of carboxylic acid groups (broad SMARTS) is 1. The summed E-state index contributed by atoms with van der Waals surface area (Å²) in [5.41, 5.74) is 1.84. The average Bonchev–Trinajstić information content (AvgIpc) is 2.64. The number of nitrogens with zero attached hydrogens (tertiary/aromatic N) is 1. The van der Waals surface area contributed by atoms with Crippen LogP contribution in [-0.2, 0) is 19.2 Å². The van der Waals surface area contributed by atoms with Crippen LogP contribution in [0, 0.1) is 11.3 Å². The fraction of sp³-hybridized carbons (Fsp3) is 0.684. The second kappa shape index (κ2) is 9.68. The number of carbonyl (C=O) groups is 4. The van der Waals surface area contributed by atoms with Gasteiger partial charge in [0.2, 0.25) is 11.8 Å². The minimum Gasteiger partial charge on any atom is -0.480 e. The van der Waals surface area contributed by atoms with E-state index in [-0.39, 0.29) is 11.8 Å². The van der Waals surface area contributed by atoms with Crippen LogP contribution >= 0.6 is 0 Å². The third kappa shape index (κ3) is 6.05. The highest BCUT2D eigenvalue weighted by Crippen LogP contribution is 2.17.